The smallest absolute Gasteiger partial charge is 0.253 e. The number of halogens is 2. The summed E-state index contributed by atoms with van der Waals surface area (Å²) < 4.78 is 0. The second-order valence-electron chi connectivity index (χ2n) is 3.57. The molecule has 1 amide bonds. The molecule has 0 aromatic heterocycles. The van der Waals surface area contributed by atoms with Crippen LogP contribution in [0.25, 0.3) is 0 Å². The van der Waals surface area contributed by atoms with Gasteiger partial charge in [-0.15, -0.1) is 0 Å². The maximum absolute atomic E-state index is 11.9. The molecule has 0 fully saturated rings. The number of carbonyl (C=O) groups is 1. The van der Waals surface area contributed by atoms with Crippen molar-refractivity contribution in [3.8, 4) is 6.07 Å². The van der Waals surface area contributed by atoms with Crippen molar-refractivity contribution in [2.45, 2.75) is 25.8 Å². The molecule has 1 atom stereocenters. The van der Waals surface area contributed by atoms with Crippen molar-refractivity contribution in [2.24, 2.45) is 0 Å². The summed E-state index contributed by atoms with van der Waals surface area (Å²) in [5.41, 5.74) is 0.288. The van der Waals surface area contributed by atoms with E-state index in [1.807, 2.05) is 13.0 Å². The van der Waals surface area contributed by atoms with Crippen LogP contribution in [0.3, 0.4) is 0 Å². The summed E-state index contributed by atoms with van der Waals surface area (Å²) in [7, 11) is 0. The highest BCUT2D eigenvalue weighted by atomic mass is 35.5. The molecule has 0 bridgehead atoms. The Hall–Kier alpha value is -1.24. The van der Waals surface area contributed by atoms with Gasteiger partial charge in [0.2, 0.25) is 0 Å². The molecule has 90 valence electrons. The highest BCUT2D eigenvalue weighted by molar-refractivity contribution is 6.35. The Bertz CT molecular complexity index is 454. The van der Waals surface area contributed by atoms with Crippen molar-refractivity contribution >= 4 is 29.1 Å². The van der Waals surface area contributed by atoms with E-state index in [4.69, 9.17) is 28.5 Å². The van der Waals surface area contributed by atoms with Crippen molar-refractivity contribution in [2.75, 3.05) is 0 Å². The maximum atomic E-state index is 11.9. The summed E-state index contributed by atoms with van der Waals surface area (Å²) in [6.45, 7) is 1.95. The zero-order valence-corrected chi connectivity index (χ0v) is 10.8. The van der Waals surface area contributed by atoms with Crippen LogP contribution in [-0.4, -0.2) is 11.9 Å². The van der Waals surface area contributed by atoms with Crippen molar-refractivity contribution in [1.82, 2.24) is 5.32 Å². The number of carbonyl (C=O) groups excluding carboxylic acids is 1. The highest BCUT2D eigenvalue weighted by Gasteiger charge is 2.15. The van der Waals surface area contributed by atoms with Gasteiger partial charge in [0.05, 0.1) is 16.7 Å². The monoisotopic (exact) mass is 270 g/mol. The number of nitriles is 1. The molecular formula is C12H12Cl2N2O. The van der Waals surface area contributed by atoms with Crippen LogP contribution in [0.2, 0.25) is 10.0 Å². The number of nitrogens with zero attached hydrogens (tertiary/aromatic N) is 1. The highest BCUT2D eigenvalue weighted by Crippen LogP contribution is 2.20. The summed E-state index contributed by atoms with van der Waals surface area (Å²) in [4.78, 5) is 11.9. The molecule has 1 rings (SSSR count). The molecule has 0 aliphatic rings. The van der Waals surface area contributed by atoms with Crippen molar-refractivity contribution in [3.63, 3.8) is 0 Å². The average Bonchev–Trinajstić information content (AvgIpc) is 2.31. The fourth-order valence-corrected chi connectivity index (χ4v) is 1.74. The van der Waals surface area contributed by atoms with Crippen LogP contribution in [0.1, 0.15) is 30.1 Å². The lowest BCUT2D eigenvalue weighted by Gasteiger charge is -2.11. The second kappa shape index (κ2) is 6.48. The Morgan fingerprint density at radius 3 is 2.82 bits per heavy atom. The maximum Gasteiger partial charge on any atom is 0.253 e. The fraction of sp³-hybridized carbons (Fsp3) is 0.333. The van der Waals surface area contributed by atoms with Crippen molar-refractivity contribution < 1.29 is 4.79 Å². The van der Waals surface area contributed by atoms with Crippen LogP contribution in [0, 0.1) is 11.3 Å². The van der Waals surface area contributed by atoms with Crippen LogP contribution in [-0.2, 0) is 0 Å². The topological polar surface area (TPSA) is 52.9 Å². The third-order valence-electron chi connectivity index (χ3n) is 2.21. The largest absolute Gasteiger partial charge is 0.336 e. The molecule has 5 heteroatoms. The minimum absolute atomic E-state index is 0.288. The van der Waals surface area contributed by atoms with Gasteiger partial charge in [0.1, 0.15) is 6.04 Å². The zero-order chi connectivity index (χ0) is 12.8. The van der Waals surface area contributed by atoms with Crippen molar-refractivity contribution in [1.29, 1.82) is 5.26 Å². The standard InChI is InChI=1S/C12H12Cl2N2O/c1-2-3-9(7-15)16-12(17)10-6-8(13)4-5-11(10)14/h4-6,9H,2-3H2,1H3,(H,16,17). The number of benzene rings is 1. The Kier molecular flexibility index (Phi) is 5.27. The lowest BCUT2D eigenvalue weighted by Crippen LogP contribution is -2.33. The van der Waals surface area contributed by atoms with E-state index < -0.39 is 6.04 Å². The Morgan fingerprint density at radius 2 is 2.24 bits per heavy atom. The van der Waals surface area contributed by atoms with Crippen LogP contribution in [0.4, 0.5) is 0 Å². The molecule has 0 spiro atoms. The number of rotatable bonds is 4. The van der Waals surface area contributed by atoms with E-state index in [1.54, 1.807) is 12.1 Å². The van der Waals surface area contributed by atoms with E-state index in [1.165, 1.54) is 6.07 Å². The van der Waals surface area contributed by atoms with Gasteiger partial charge in [-0.25, -0.2) is 0 Å². The van der Waals surface area contributed by atoms with Crippen LogP contribution >= 0.6 is 23.2 Å². The minimum Gasteiger partial charge on any atom is -0.336 e. The number of amides is 1. The first-order valence-corrected chi connectivity index (χ1v) is 5.99. The minimum atomic E-state index is -0.498. The van der Waals surface area contributed by atoms with E-state index in [2.05, 4.69) is 5.32 Å². The van der Waals surface area contributed by atoms with Crippen LogP contribution in [0.15, 0.2) is 18.2 Å². The van der Waals surface area contributed by atoms with Gasteiger partial charge in [0, 0.05) is 5.02 Å². The molecule has 0 heterocycles. The quantitative estimate of drug-likeness (QED) is 0.912. The number of hydrogen-bond acceptors (Lipinski definition) is 2. The third kappa shape index (κ3) is 3.92. The first-order chi connectivity index (χ1) is 8.08. The molecule has 0 radical (unpaired) electrons. The Morgan fingerprint density at radius 1 is 1.53 bits per heavy atom. The Labute approximate surface area is 110 Å². The molecule has 0 aliphatic carbocycles. The van der Waals surface area contributed by atoms with E-state index in [9.17, 15) is 4.79 Å². The summed E-state index contributed by atoms with van der Waals surface area (Å²) in [5, 5.41) is 12.2. The molecule has 17 heavy (non-hydrogen) atoms. The molecule has 1 aromatic rings. The van der Waals surface area contributed by atoms with Gasteiger partial charge < -0.3 is 5.32 Å². The molecule has 0 saturated heterocycles. The lowest BCUT2D eigenvalue weighted by molar-refractivity contribution is 0.0944. The Balaban J connectivity index is 2.83. The lowest BCUT2D eigenvalue weighted by atomic mass is 10.1. The molecule has 0 saturated carbocycles. The van der Waals surface area contributed by atoms with E-state index in [0.29, 0.717) is 16.5 Å². The van der Waals surface area contributed by atoms with Gasteiger partial charge in [-0.2, -0.15) is 5.26 Å². The normalized spacial score (nSPS) is 11.6. The number of nitrogens with one attached hydrogen (secondary N) is 1. The molecule has 3 nitrogen and oxygen atoms in total. The predicted molar refractivity (Wildman–Crippen MR) is 68.2 cm³/mol. The SMILES string of the molecule is CCCC(C#N)NC(=O)c1cc(Cl)ccc1Cl. The summed E-state index contributed by atoms with van der Waals surface area (Å²) in [5.74, 6) is -0.377. The molecule has 1 unspecified atom stereocenters. The molecule has 1 N–H and O–H groups in total. The predicted octanol–water partition coefficient (Wildman–Crippen LogP) is 3.42. The average molecular weight is 271 g/mol. The van der Waals surface area contributed by atoms with E-state index in [0.717, 1.165) is 6.42 Å². The van der Waals surface area contributed by atoms with Gasteiger partial charge >= 0.3 is 0 Å². The van der Waals surface area contributed by atoms with Gasteiger partial charge in [-0.05, 0) is 24.6 Å². The van der Waals surface area contributed by atoms with Crippen molar-refractivity contribution in [3.05, 3.63) is 33.8 Å². The summed E-state index contributed by atoms with van der Waals surface area (Å²) >= 11 is 11.7. The molecule has 1 aromatic carbocycles. The third-order valence-corrected chi connectivity index (χ3v) is 2.78. The number of hydrogen-bond donors (Lipinski definition) is 1. The first kappa shape index (κ1) is 13.8. The van der Waals surface area contributed by atoms with Crippen LogP contribution in [0.5, 0.6) is 0 Å². The van der Waals surface area contributed by atoms with Gasteiger partial charge in [-0.3, -0.25) is 4.79 Å². The fourth-order valence-electron chi connectivity index (χ4n) is 1.37. The molecular weight excluding hydrogens is 259 g/mol. The zero-order valence-electron chi connectivity index (χ0n) is 9.34. The summed E-state index contributed by atoms with van der Waals surface area (Å²) in [6, 6.07) is 6.18. The van der Waals surface area contributed by atoms with E-state index in [-0.39, 0.29) is 11.5 Å². The van der Waals surface area contributed by atoms with Crippen LogP contribution < -0.4 is 5.32 Å². The molecule has 0 aliphatic heterocycles. The van der Waals surface area contributed by atoms with Gasteiger partial charge in [0.15, 0.2) is 0 Å². The second-order valence-corrected chi connectivity index (χ2v) is 4.41. The summed E-state index contributed by atoms with van der Waals surface area (Å²) in [6.07, 6.45) is 1.43. The van der Waals surface area contributed by atoms with Gasteiger partial charge in [0.25, 0.3) is 5.91 Å². The van der Waals surface area contributed by atoms with E-state index >= 15 is 0 Å². The van der Waals surface area contributed by atoms with Gasteiger partial charge in [-0.1, -0.05) is 36.5 Å². The first-order valence-electron chi connectivity index (χ1n) is 5.24.